The molecule has 1 fully saturated rings. The first-order valence-corrected chi connectivity index (χ1v) is 9.39. The van der Waals surface area contributed by atoms with E-state index < -0.39 is 15.6 Å². The molecule has 3 rings (SSSR count). The van der Waals surface area contributed by atoms with Crippen LogP contribution in [0.15, 0.2) is 11.8 Å². The molecule has 1 aromatic heterocycles. The molecule has 0 atom stereocenters. The van der Waals surface area contributed by atoms with Crippen LogP contribution in [0.3, 0.4) is 0 Å². The number of halogens is 3. The zero-order valence-corrected chi connectivity index (χ0v) is 14.8. The number of carbonyl (C=O) groups excluding carboxylic acids is 1. The number of nitrogens with one attached hydrogen (secondary N) is 1. The Morgan fingerprint density at radius 3 is 2.46 bits per heavy atom. The van der Waals surface area contributed by atoms with Crippen LogP contribution in [0, 0.1) is 0 Å². The van der Waals surface area contributed by atoms with Crippen molar-refractivity contribution in [1.82, 2.24) is 14.8 Å². The van der Waals surface area contributed by atoms with Gasteiger partial charge in [-0.1, -0.05) is 0 Å². The molecule has 1 aromatic rings. The molecular weight excluding hydrogens is 375 g/mol. The molecule has 1 amide bonds. The number of piperazine rings is 1. The fourth-order valence-corrected chi connectivity index (χ4v) is 3.40. The largest absolute Gasteiger partial charge is 0.534 e. The minimum Gasteiger partial charge on any atom is -0.381 e. The average Bonchev–Trinajstić information content (AvgIpc) is 2.96. The predicted molar refractivity (Wildman–Crippen MR) is 86.6 cm³/mol. The average molecular weight is 393 g/mol. The van der Waals surface area contributed by atoms with Crippen LogP contribution in [0.1, 0.15) is 28.2 Å². The van der Waals surface area contributed by atoms with E-state index in [0.717, 1.165) is 13.1 Å². The van der Waals surface area contributed by atoms with Crippen LogP contribution in [0.2, 0.25) is 0 Å². The third-order valence-corrected chi connectivity index (χ3v) is 5.39. The van der Waals surface area contributed by atoms with Gasteiger partial charge in [0, 0.05) is 38.3 Å². The Labute approximate surface area is 148 Å². The minimum atomic E-state index is -5.69. The van der Waals surface area contributed by atoms with E-state index in [1.807, 2.05) is 7.05 Å². The molecule has 144 valence electrons. The molecule has 7 nitrogen and oxygen atoms in total. The third-order valence-electron chi connectivity index (χ3n) is 4.39. The molecule has 2 aliphatic rings. The molecule has 26 heavy (non-hydrogen) atoms. The summed E-state index contributed by atoms with van der Waals surface area (Å²) in [6, 6.07) is 1.51. The second-order valence-corrected chi connectivity index (χ2v) is 7.84. The quantitative estimate of drug-likeness (QED) is 0.623. The van der Waals surface area contributed by atoms with Crippen LogP contribution in [0.25, 0.3) is 6.08 Å². The molecule has 2 heterocycles. The van der Waals surface area contributed by atoms with E-state index in [1.54, 1.807) is 4.90 Å². The van der Waals surface area contributed by atoms with Gasteiger partial charge in [0.2, 0.25) is 0 Å². The van der Waals surface area contributed by atoms with E-state index in [4.69, 9.17) is 0 Å². The van der Waals surface area contributed by atoms with Crippen molar-refractivity contribution in [1.29, 1.82) is 0 Å². The molecule has 1 saturated heterocycles. The second-order valence-electron chi connectivity index (χ2n) is 6.31. The van der Waals surface area contributed by atoms with Crippen LogP contribution >= 0.6 is 0 Å². The van der Waals surface area contributed by atoms with Crippen molar-refractivity contribution in [2.75, 3.05) is 33.2 Å². The molecule has 0 spiro atoms. The molecule has 0 radical (unpaired) electrons. The summed E-state index contributed by atoms with van der Waals surface area (Å²) in [4.78, 5) is 19.3. The number of allylic oxidation sites excluding steroid dienone is 1. The molecule has 1 aliphatic heterocycles. The minimum absolute atomic E-state index is 0.00897. The van der Waals surface area contributed by atoms with Gasteiger partial charge in [-0.05, 0) is 31.2 Å². The maximum atomic E-state index is 12.5. The number of carbonyl (C=O) groups is 1. The molecule has 1 N–H and O–H groups in total. The van der Waals surface area contributed by atoms with Gasteiger partial charge in [0.15, 0.2) is 0 Å². The van der Waals surface area contributed by atoms with Crippen molar-refractivity contribution in [3.63, 3.8) is 0 Å². The molecule has 1 aliphatic carbocycles. The normalized spacial score (nSPS) is 19.1. The van der Waals surface area contributed by atoms with Gasteiger partial charge < -0.3 is 19.0 Å². The number of alkyl halides is 3. The summed E-state index contributed by atoms with van der Waals surface area (Å²) in [6.45, 7) is 2.71. The smallest absolute Gasteiger partial charge is 0.381 e. The summed E-state index contributed by atoms with van der Waals surface area (Å²) < 4.78 is 63.7. The highest BCUT2D eigenvalue weighted by Crippen LogP contribution is 2.31. The lowest BCUT2D eigenvalue weighted by atomic mass is 10.0. The number of aryl methyl sites for hydroxylation is 1. The number of aromatic amines is 1. The van der Waals surface area contributed by atoms with Crippen molar-refractivity contribution in [3.05, 3.63) is 28.8 Å². The van der Waals surface area contributed by atoms with Crippen LogP contribution in [-0.2, 0) is 20.7 Å². The highest BCUT2D eigenvalue weighted by Gasteiger charge is 2.49. The van der Waals surface area contributed by atoms with E-state index in [9.17, 15) is 26.4 Å². The van der Waals surface area contributed by atoms with Crippen molar-refractivity contribution in [2.45, 2.75) is 18.3 Å². The molecule has 0 bridgehead atoms. The summed E-state index contributed by atoms with van der Waals surface area (Å²) in [7, 11) is -3.72. The first-order chi connectivity index (χ1) is 12.1. The van der Waals surface area contributed by atoms with E-state index in [1.165, 1.54) is 12.1 Å². The SMILES string of the molecule is CN1CCN(C(=O)c2cc3c([nH]2)CCC(OS(=O)(=O)C(F)(F)F)=C3)CC1. The second kappa shape index (κ2) is 6.62. The summed E-state index contributed by atoms with van der Waals surface area (Å²) in [6.07, 6.45) is 1.47. The number of rotatable bonds is 3. The molecule has 0 saturated carbocycles. The highest BCUT2D eigenvalue weighted by molar-refractivity contribution is 7.87. The van der Waals surface area contributed by atoms with Gasteiger partial charge >= 0.3 is 15.6 Å². The van der Waals surface area contributed by atoms with Crippen LogP contribution in [-0.4, -0.2) is 67.8 Å². The van der Waals surface area contributed by atoms with Crippen molar-refractivity contribution in [3.8, 4) is 0 Å². The van der Waals surface area contributed by atoms with Gasteiger partial charge in [-0.2, -0.15) is 21.6 Å². The van der Waals surface area contributed by atoms with Crippen LogP contribution in [0.5, 0.6) is 0 Å². The maximum absolute atomic E-state index is 12.5. The Morgan fingerprint density at radius 1 is 1.19 bits per heavy atom. The van der Waals surface area contributed by atoms with Crippen molar-refractivity contribution < 1.29 is 30.6 Å². The van der Waals surface area contributed by atoms with Crippen LogP contribution in [0.4, 0.5) is 13.2 Å². The number of amides is 1. The Morgan fingerprint density at radius 2 is 1.85 bits per heavy atom. The standard InChI is InChI=1S/C15H18F3N3O4S/c1-20-4-6-21(7-5-20)14(22)13-9-10-8-11(2-3-12(10)19-13)25-26(23,24)15(16,17)18/h8-9,19H,2-7H2,1H3. The lowest BCUT2D eigenvalue weighted by molar-refractivity contribution is -0.0522. The Kier molecular flexibility index (Phi) is 4.78. The molecular formula is C15H18F3N3O4S. The van der Waals surface area contributed by atoms with Gasteiger partial charge in [-0.15, -0.1) is 0 Å². The number of hydrogen-bond acceptors (Lipinski definition) is 5. The Hall–Kier alpha value is -2.01. The highest BCUT2D eigenvalue weighted by atomic mass is 32.2. The number of hydrogen-bond donors (Lipinski definition) is 1. The molecule has 0 aromatic carbocycles. The summed E-state index contributed by atoms with van der Waals surface area (Å²) in [5, 5.41) is 0. The first kappa shape index (κ1) is 18.8. The van der Waals surface area contributed by atoms with Gasteiger partial charge in [0.1, 0.15) is 11.5 Å². The monoisotopic (exact) mass is 393 g/mol. The van der Waals surface area contributed by atoms with Crippen LogP contribution < -0.4 is 0 Å². The van der Waals surface area contributed by atoms with Crippen molar-refractivity contribution in [2.24, 2.45) is 0 Å². The Bertz CT molecular complexity index is 837. The van der Waals surface area contributed by atoms with Gasteiger partial charge in [-0.3, -0.25) is 4.79 Å². The van der Waals surface area contributed by atoms with Gasteiger partial charge in [0.05, 0.1) is 0 Å². The van der Waals surface area contributed by atoms with E-state index in [-0.39, 0.29) is 24.5 Å². The number of aromatic nitrogens is 1. The Balaban J connectivity index is 1.76. The topological polar surface area (TPSA) is 82.7 Å². The van der Waals surface area contributed by atoms with E-state index in [0.29, 0.717) is 30.0 Å². The van der Waals surface area contributed by atoms with E-state index in [2.05, 4.69) is 14.1 Å². The first-order valence-electron chi connectivity index (χ1n) is 7.98. The van der Waals surface area contributed by atoms with Crippen molar-refractivity contribution >= 4 is 22.1 Å². The fraction of sp³-hybridized carbons (Fsp3) is 0.533. The molecule has 11 heteroatoms. The lowest BCUT2D eigenvalue weighted by Gasteiger charge is -2.32. The molecule has 0 unspecified atom stereocenters. The summed E-state index contributed by atoms with van der Waals surface area (Å²) >= 11 is 0. The third kappa shape index (κ3) is 3.73. The zero-order valence-electron chi connectivity index (χ0n) is 14.0. The maximum Gasteiger partial charge on any atom is 0.534 e. The zero-order chi connectivity index (χ0) is 19.1. The van der Waals surface area contributed by atoms with E-state index >= 15 is 0 Å². The van der Waals surface area contributed by atoms with Gasteiger partial charge in [0.25, 0.3) is 5.91 Å². The van der Waals surface area contributed by atoms with Gasteiger partial charge in [-0.25, -0.2) is 0 Å². The summed E-state index contributed by atoms with van der Waals surface area (Å²) in [5.74, 6) is -0.487. The number of fused-ring (bicyclic) bond motifs is 1. The number of likely N-dealkylation sites (N-methyl/N-ethyl adjacent to an activating group) is 1. The summed E-state index contributed by atoms with van der Waals surface area (Å²) in [5.41, 5.74) is -4.02. The predicted octanol–water partition coefficient (Wildman–Crippen LogP) is 1.56. The fourth-order valence-electron chi connectivity index (χ4n) is 2.89. The number of nitrogens with zero attached hydrogens (tertiary/aromatic N) is 2. The lowest BCUT2D eigenvalue weighted by Crippen LogP contribution is -2.47. The number of H-pyrrole nitrogens is 1.